The summed E-state index contributed by atoms with van der Waals surface area (Å²) in [5.74, 6) is -0.118. The first-order valence-electron chi connectivity index (χ1n) is 8.15. The zero-order chi connectivity index (χ0) is 17.3. The number of hydrogen-bond donors (Lipinski definition) is 0. The van der Waals surface area contributed by atoms with Gasteiger partial charge in [0.15, 0.2) is 0 Å². The van der Waals surface area contributed by atoms with Crippen LogP contribution in [0.3, 0.4) is 0 Å². The molecular formula is C17H28N2O3S. The van der Waals surface area contributed by atoms with Gasteiger partial charge in [-0.3, -0.25) is 4.79 Å². The fourth-order valence-electron chi connectivity index (χ4n) is 2.41. The molecule has 1 aromatic rings. The standard InChI is InChI=1S/C17H28N2O3S/c1-4-12-18(13-5-2)17(20)15-19(23(3,21)22)14-11-16-9-7-6-8-10-16/h6-10H,4-5,11-15H2,1-3H3. The van der Waals surface area contributed by atoms with Crippen LogP contribution in [0.2, 0.25) is 0 Å². The Morgan fingerprint density at radius 2 is 1.57 bits per heavy atom. The molecule has 1 rings (SSSR count). The van der Waals surface area contributed by atoms with Crippen LogP contribution in [0.1, 0.15) is 32.3 Å². The van der Waals surface area contributed by atoms with E-state index in [2.05, 4.69) is 0 Å². The van der Waals surface area contributed by atoms with Gasteiger partial charge >= 0.3 is 0 Å². The van der Waals surface area contributed by atoms with Crippen LogP contribution in [0.15, 0.2) is 30.3 Å². The quantitative estimate of drug-likeness (QED) is 0.656. The van der Waals surface area contributed by atoms with Crippen molar-refractivity contribution in [3.63, 3.8) is 0 Å². The Hall–Kier alpha value is -1.40. The highest BCUT2D eigenvalue weighted by Gasteiger charge is 2.22. The number of sulfonamides is 1. The van der Waals surface area contributed by atoms with Crippen LogP contribution < -0.4 is 0 Å². The van der Waals surface area contributed by atoms with E-state index in [1.165, 1.54) is 4.31 Å². The van der Waals surface area contributed by atoms with Crippen molar-refractivity contribution in [2.45, 2.75) is 33.1 Å². The Morgan fingerprint density at radius 3 is 2.04 bits per heavy atom. The fraction of sp³-hybridized carbons (Fsp3) is 0.588. The van der Waals surface area contributed by atoms with Gasteiger partial charge in [-0.15, -0.1) is 0 Å². The second-order valence-corrected chi connectivity index (χ2v) is 7.70. The second kappa shape index (κ2) is 9.67. The highest BCUT2D eigenvalue weighted by molar-refractivity contribution is 7.88. The smallest absolute Gasteiger partial charge is 0.237 e. The number of rotatable bonds is 10. The van der Waals surface area contributed by atoms with Crippen molar-refractivity contribution in [2.75, 3.05) is 32.4 Å². The molecule has 0 bridgehead atoms. The van der Waals surface area contributed by atoms with Crippen molar-refractivity contribution >= 4 is 15.9 Å². The third kappa shape index (κ3) is 7.14. The minimum absolute atomic E-state index is 0.0777. The van der Waals surface area contributed by atoms with Gasteiger partial charge in [-0.05, 0) is 24.8 Å². The number of nitrogens with zero attached hydrogens (tertiary/aromatic N) is 2. The van der Waals surface area contributed by atoms with E-state index in [1.54, 1.807) is 4.90 Å². The van der Waals surface area contributed by atoms with Crippen molar-refractivity contribution in [1.29, 1.82) is 0 Å². The van der Waals surface area contributed by atoms with E-state index in [9.17, 15) is 13.2 Å². The van der Waals surface area contributed by atoms with E-state index in [1.807, 2.05) is 44.2 Å². The first-order valence-corrected chi connectivity index (χ1v) is 10.00. The Labute approximate surface area is 140 Å². The lowest BCUT2D eigenvalue weighted by atomic mass is 10.1. The zero-order valence-electron chi connectivity index (χ0n) is 14.4. The number of hydrogen-bond acceptors (Lipinski definition) is 3. The third-order valence-corrected chi connectivity index (χ3v) is 4.86. The molecule has 0 saturated heterocycles. The Balaban J connectivity index is 2.72. The Kier molecular flexibility index (Phi) is 8.26. The van der Waals surface area contributed by atoms with Gasteiger partial charge in [0.2, 0.25) is 15.9 Å². The van der Waals surface area contributed by atoms with Gasteiger partial charge in [-0.2, -0.15) is 4.31 Å². The van der Waals surface area contributed by atoms with Gasteiger partial charge < -0.3 is 4.90 Å². The van der Waals surface area contributed by atoms with Gasteiger partial charge in [0.1, 0.15) is 0 Å². The number of carbonyl (C=O) groups excluding carboxylic acids is 1. The average molecular weight is 340 g/mol. The molecule has 0 atom stereocenters. The van der Waals surface area contributed by atoms with Crippen molar-refractivity contribution in [2.24, 2.45) is 0 Å². The number of carbonyl (C=O) groups is 1. The molecule has 0 N–H and O–H groups in total. The Bertz CT molecular complexity index is 567. The maximum Gasteiger partial charge on any atom is 0.237 e. The summed E-state index contributed by atoms with van der Waals surface area (Å²) in [6.45, 7) is 5.61. The van der Waals surface area contributed by atoms with Gasteiger partial charge in [-0.25, -0.2) is 8.42 Å². The molecule has 0 spiro atoms. The van der Waals surface area contributed by atoms with E-state index in [-0.39, 0.29) is 12.5 Å². The normalized spacial score (nSPS) is 11.7. The number of amides is 1. The van der Waals surface area contributed by atoms with Crippen LogP contribution in [-0.4, -0.2) is 56.0 Å². The van der Waals surface area contributed by atoms with E-state index in [0.717, 1.165) is 24.7 Å². The zero-order valence-corrected chi connectivity index (χ0v) is 15.2. The largest absolute Gasteiger partial charge is 0.342 e. The van der Waals surface area contributed by atoms with Crippen LogP contribution in [-0.2, 0) is 21.2 Å². The predicted molar refractivity (Wildman–Crippen MR) is 93.7 cm³/mol. The molecule has 0 radical (unpaired) electrons. The van der Waals surface area contributed by atoms with Crippen LogP contribution >= 0.6 is 0 Å². The van der Waals surface area contributed by atoms with Crippen LogP contribution in [0.25, 0.3) is 0 Å². The minimum atomic E-state index is -3.41. The molecule has 0 heterocycles. The lowest BCUT2D eigenvalue weighted by Crippen LogP contribution is -2.43. The topological polar surface area (TPSA) is 57.7 Å². The van der Waals surface area contributed by atoms with Gasteiger partial charge in [-0.1, -0.05) is 44.2 Å². The monoisotopic (exact) mass is 340 g/mol. The molecule has 0 aliphatic carbocycles. The molecule has 5 nitrogen and oxygen atoms in total. The number of benzene rings is 1. The van der Waals surface area contributed by atoms with Gasteiger partial charge in [0.05, 0.1) is 12.8 Å². The van der Waals surface area contributed by atoms with Crippen molar-refractivity contribution in [3.05, 3.63) is 35.9 Å². The van der Waals surface area contributed by atoms with E-state index in [4.69, 9.17) is 0 Å². The summed E-state index contributed by atoms with van der Waals surface area (Å²) < 4.78 is 25.2. The van der Waals surface area contributed by atoms with E-state index >= 15 is 0 Å². The molecule has 1 amide bonds. The lowest BCUT2D eigenvalue weighted by Gasteiger charge is -2.26. The molecule has 0 fully saturated rings. The summed E-state index contributed by atoms with van der Waals surface area (Å²) in [4.78, 5) is 14.2. The van der Waals surface area contributed by atoms with Crippen molar-refractivity contribution in [3.8, 4) is 0 Å². The van der Waals surface area contributed by atoms with E-state index in [0.29, 0.717) is 26.1 Å². The summed E-state index contributed by atoms with van der Waals surface area (Å²) in [6.07, 6.45) is 3.50. The molecule has 0 saturated carbocycles. The summed E-state index contributed by atoms with van der Waals surface area (Å²) >= 11 is 0. The summed E-state index contributed by atoms with van der Waals surface area (Å²) in [5.41, 5.74) is 1.06. The lowest BCUT2D eigenvalue weighted by molar-refractivity contribution is -0.131. The Morgan fingerprint density at radius 1 is 1.00 bits per heavy atom. The molecule has 6 heteroatoms. The molecule has 0 aliphatic rings. The molecule has 1 aromatic carbocycles. The minimum Gasteiger partial charge on any atom is -0.342 e. The van der Waals surface area contributed by atoms with Crippen molar-refractivity contribution < 1.29 is 13.2 Å². The molecule has 0 aromatic heterocycles. The van der Waals surface area contributed by atoms with Gasteiger partial charge in [0, 0.05) is 19.6 Å². The molecule has 130 valence electrons. The second-order valence-electron chi connectivity index (χ2n) is 5.71. The maximum atomic E-state index is 12.4. The maximum absolute atomic E-state index is 12.4. The summed E-state index contributed by atoms with van der Waals surface area (Å²) in [6, 6.07) is 9.70. The molecule has 0 aliphatic heterocycles. The molecular weight excluding hydrogens is 312 g/mol. The predicted octanol–water partition coefficient (Wildman–Crippen LogP) is 2.14. The first-order chi connectivity index (χ1) is 10.9. The van der Waals surface area contributed by atoms with Crippen LogP contribution in [0, 0.1) is 0 Å². The fourth-order valence-corrected chi connectivity index (χ4v) is 3.18. The van der Waals surface area contributed by atoms with Crippen LogP contribution in [0.4, 0.5) is 0 Å². The first kappa shape index (κ1) is 19.6. The summed E-state index contributed by atoms with van der Waals surface area (Å²) in [5, 5.41) is 0. The third-order valence-electron chi connectivity index (χ3n) is 3.61. The highest BCUT2D eigenvalue weighted by atomic mass is 32.2. The molecule has 23 heavy (non-hydrogen) atoms. The molecule has 0 unspecified atom stereocenters. The van der Waals surface area contributed by atoms with Crippen molar-refractivity contribution in [1.82, 2.24) is 9.21 Å². The van der Waals surface area contributed by atoms with Crippen LogP contribution in [0.5, 0.6) is 0 Å². The highest BCUT2D eigenvalue weighted by Crippen LogP contribution is 2.06. The average Bonchev–Trinajstić information content (AvgIpc) is 2.51. The van der Waals surface area contributed by atoms with Gasteiger partial charge in [0.25, 0.3) is 0 Å². The SMILES string of the molecule is CCCN(CCC)C(=O)CN(CCc1ccccc1)S(C)(=O)=O. The summed E-state index contributed by atoms with van der Waals surface area (Å²) in [7, 11) is -3.41. The van der Waals surface area contributed by atoms with E-state index < -0.39 is 10.0 Å².